The average molecular weight is 256 g/mol. The van der Waals surface area contributed by atoms with Gasteiger partial charge in [0.2, 0.25) is 0 Å². The lowest BCUT2D eigenvalue weighted by Gasteiger charge is -2.18. The van der Waals surface area contributed by atoms with Gasteiger partial charge in [-0.1, -0.05) is 78.9 Å². The molecule has 4 rings (SSSR count). The van der Waals surface area contributed by atoms with Crippen LogP contribution >= 0.6 is 0 Å². The van der Waals surface area contributed by atoms with Gasteiger partial charge in [-0.2, -0.15) is 0 Å². The third-order valence-electron chi connectivity index (χ3n) is 4.23. The van der Waals surface area contributed by atoms with E-state index in [0.717, 1.165) is 6.42 Å². The van der Waals surface area contributed by atoms with Crippen LogP contribution in [0.15, 0.2) is 90.1 Å². The minimum Gasteiger partial charge on any atom is -0.0836 e. The summed E-state index contributed by atoms with van der Waals surface area (Å²) in [5.41, 5.74) is 7.07. The van der Waals surface area contributed by atoms with Gasteiger partial charge >= 0.3 is 0 Å². The summed E-state index contributed by atoms with van der Waals surface area (Å²) in [7, 11) is 0. The molecule has 0 aromatic heterocycles. The van der Waals surface area contributed by atoms with Crippen LogP contribution in [0.1, 0.15) is 23.5 Å². The van der Waals surface area contributed by atoms with E-state index < -0.39 is 0 Å². The second-order valence-electron chi connectivity index (χ2n) is 5.36. The van der Waals surface area contributed by atoms with E-state index in [-0.39, 0.29) is 0 Å². The zero-order valence-electron chi connectivity index (χ0n) is 11.3. The van der Waals surface area contributed by atoms with Crippen LogP contribution < -0.4 is 0 Å². The molecule has 3 aliphatic carbocycles. The number of fused-ring (bicyclic) bond motifs is 3. The second kappa shape index (κ2) is 4.64. The van der Waals surface area contributed by atoms with Gasteiger partial charge in [-0.3, -0.25) is 0 Å². The van der Waals surface area contributed by atoms with Crippen molar-refractivity contribution < 1.29 is 0 Å². The first-order valence-corrected chi connectivity index (χ1v) is 7.17. The molecule has 0 heteroatoms. The highest BCUT2D eigenvalue weighted by molar-refractivity contribution is 5.89. The Labute approximate surface area is 119 Å². The van der Waals surface area contributed by atoms with Crippen molar-refractivity contribution in [2.24, 2.45) is 0 Å². The van der Waals surface area contributed by atoms with Crippen LogP contribution in [0.3, 0.4) is 0 Å². The molecular weight excluding hydrogens is 240 g/mol. The van der Waals surface area contributed by atoms with Crippen LogP contribution in [0, 0.1) is 0 Å². The van der Waals surface area contributed by atoms with Crippen molar-refractivity contribution in [2.45, 2.75) is 12.3 Å². The molecule has 0 bridgehead atoms. The van der Waals surface area contributed by atoms with Crippen LogP contribution in [0.2, 0.25) is 0 Å². The molecule has 1 aromatic carbocycles. The summed E-state index contributed by atoms with van der Waals surface area (Å²) in [6.07, 6.45) is 20.8. The molecule has 0 N–H and O–H groups in total. The normalized spacial score (nSPS) is 31.6. The summed E-state index contributed by atoms with van der Waals surface area (Å²) >= 11 is 0. The predicted octanol–water partition coefficient (Wildman–Crippen LogP) is 5.11. The topological polar surface area (TPSA) is 0 Å². The number of benzene rings is 1. The van der Waals surface area contributed by atoms with E-state index in [1.165, 1.54) is 27.8 Å². The largest absolute Gasteiger partial charge is 0.0836 e. The molecule has 96 valence electrons. The van der Waals surface area contributed by atoms with Gasteiger partial charge in [0.05, 0.1) is 0 Å². The zero-order chi connectivity index (χ0) is 13.4. The van der Waals surface area contributed by atoms with Crippen molar-refractivity contribution >= 4 is 5.57 Å². The van der Waals surface area contributed by atoms with Gasteiger partial charge in [0.1, 0.15) is 0 Å². The zero-order valence-corrected chi connectivity index (χ0v) is 11.3. The van der Waals surface area contributed by atoms with Crippen molar-refractivity contribution in [1.29, 1.82) is 0 Å². The first-order chi connectivity index (χ1) is 9.95. The Morgan fingerprint density at radius 1 is 0.850 bits per heavy atom. The molecule has 0 aliphatic heterocycles. The fraction of sp³-hybridized carbons (Fsp3) is 0.100. The molecule has 1 unspecified atom stereocenters. The van der Waals surface area contributed by atoms with E-state index in [0.29, 0.717) is 5.92 Å². The Balaban J connectivity index is 2.02. The van der Waals surface area contributed by atoms with Crippen molar-refractivity contribution in [3.63, 3.8) is 0 Å². The summed E-state index contributed by atoms with van der Waals surface area (Å²) in [5.74, 6) is 0.491. The highest BCUT2D eigenvalue weighted by Gasteiger charge is 2.30. The van der Waals surface area contributed by atoms with Gasteiger partial charge in [-0.25, -0.2) is 0 Å². The molecule has 20 heavy (non-hydrogen) atoms. The third-order valence-corrected chi connectivity index (χ3v) is 4.23. The van der Waals surface area contributed by atoms with Gasteiger partial charge < -0.3 is 0 Å². The molecule has 3 aliphatic rings. The van der Waals surface area contributed by atoms with E-state index in [2.05, 4.69) is 78.9 Å². The monoisotopic (exact) mass is 256 g/mol. The average Bonchev–Trinajstić information content (AvgIpc) is 2.72. The number of allylic oxidation sites excluding steroid dienone is 12. The highest BCUT2D eigenvalue weighted by Crippen LogP contribution is 2.48. The molecule has 1 atom stereocenters. The van der Waals surface area contributed by atoms with Gasteiger partial charge in [-0.15, -0.1) is 0 Å². The van der Waals surface area contributed by atoms with E-state index in [1.54, 1.807) is 0 Å². The Hall–Kier alpha value is -2.34. The van der Waals surface area contributed by atoms with Crippen LogP contribution in [-0.2, 0) is 0 Å². The summed E-state index contributed by atoms with van der Waals surface area (Å²) < 4.78 is 0. The molecule has 0 saturated carbocycles. The van der Waals surface area contributed by atoms with Gasteiger partial charge in [0, 0.05) is 5.92 Å². The first kappa shape index (κ1) is 11.5. The molecule has 0 spiro atoms. The summed E-state index contributed by atoms with van der Waals surface area (Å²) in [4.78, 5) is 0. The molecule has 0 saturated heterocycles. The number of rotatable bonds is 0. The van der Waals surface area contributed by atoms with Crippen molar-refractivity contribution in [3.8, 4) is 0 Å². The summed E-state index contributed by atoms with van der Waals surface area (Å²) in [5, 5.41) is 0. The lowest BCUT2D eigenvalue weighted by Crippen LogP contribution is -2.01. The van der Waals surface area contributed by atoms with Crippen molar-refractivity contribution in [1.82, 2.24) is 0 Å². The van der Waals surface area contributed by atoms with E-state index in [9.17, 15) is 0 Å². The van der Waals surface area contributed by atoms with E-state index >= 15 is 0 Å². The van der Waals surface area contributed by atoms with Gasteiger partial charge in [0.15, 0.2) is 0 Å². The minimum atomic E-state index is 0.491. The van der Waals surface area contributed by atoms with E-state index in [1.807, 2.05) is 0 Å². The molecule has 0 fully saturated rings. The molecule has 0 radical (unpaired) electrons. The fourth-order valence-corrected chi connectivity index (χ4v) is 3.38. The maximum Gasteiger partial charge on any atom is 0.0142 e. The maximum absolute atomic E-state index is 2.28. The SMILES string of the molecule is C1=C\C=C2\C=C/C=C\CC3C2=C(\C=C/1)c1ccccc13. The quantitative estimate of drug-likeness (QED) is 0.605. The Bertz CT molecular complexity index is 733. The van der Waals surface area contributed by atoms with Crippen LogP contribution in [0.25, 0.3) is 5.57 Å². The van der Waals surface area contributed by atoms with Gasteiger partial charge in [0.25, 0.3) is 0 Å². The van der Waals surface area contributed by atoms with Crippen molar-refractivity contribution in [3.05, 3.63) is 101 Å². The minimum absolute atomic E-state index is 0.491. The smallest absolute Gasteiger partial charge is 0.0142 e. The highest BCUT2D eigenvalue weighted by atomic mass is 14.3. The van der Waals surface area contributed by atoms with Gasteiger partial charge in [-0.05, 0) is 34.3 Å². The molecule has 0 nitrogen and oxygen atoms in total. The lowest BCUT2D eigenvalue weighted by atomic mass is 9.86. The molecular formula is C20H16. The Kier molecular flexibility index (Phi) is 2.67. The number of hydrogen-bond acceptors (Lipinski definition) is 0. The summed E-state index contributed by atoms with van der Waals surface area (Å²) in [6, 6.07) is 8.83. The molecule has 1 aromatic rings. The Morgan fingerprint density at radius 2 is 1.75 bits per heavy atom. The van der Waals surface area contributed by atoms with Crippen LogP contribution in [-0.4, -0.2) is 0 Å². The molecule has 0 amide bonds. The van der Waals surface area contributed by atoms with Crippen LogP contribution in [0.4, 0.5) is 0 Å². The predicted molar refractivity (Wildman–Crippen MR) is 85.4 cm³/mol. The fourth-order valence-electron chi connectivity index (χ4n) is 3.38. The third kappa shape index (κ3) is 1.69. The first-order valence-electron chi connectivity index (χ1n) is 7.17. The summed E-state index contributed by atoms with van der Waals surface area (Å²) in [6.45, 7) is 0. The second-order valence-corrected chi connectivity index (χ2v) is 5.36. The molecule has 0 heterocycles. The Morgan fingerprint density at radius 3 is 2.75 bits per heavy atom. The standard InChI is InChI=1S/C20H16/c1-3-9-15-10-4-2-6-14-19-17-12-8-7-11-16(17)18(13-5-1)20(15)19/h1-13,19H,14H2/b3-1-,5-1?,6-2-,9-3?,10-4-,13-5-,15-9-,18-13?,20-15?. The maximum atomic E-state index is 2.28. The van der Waals surface area contributed by atoms with Crippen molar-refractivity contribution in [2.75, 3.05) is 0 Å². The lowest BCUT2D eigenvalue weighted by molar-refractivity contribution is 0.837. The number of hydrogen-bond donors (Lipinski definition) is 0. The van der Waals surface area contributed by atoms with E-state index in [4.69, 9.17) is 0 Å². The van der Waals surface area contributed by atoms with Crippen LogP contribution in [0.5, 0.6) is 0 Å².